The van der Waals surface area contributed by atoms with Gasteiger partial charge in [-0.25, -0.2) is 0 Å². The van der Waals surface area contributed by atoms with E-state index in [9.17, 15) is 19.2 Å². The molecule has 10 nitrogen and oxygen atoms in total. The van der Waals surface area contributed by atoms with E-state index in [0.717, 1.165) is 27.2 Å². The van der Waals surface area contributed by atoms with Gasteiger partial charge in [-0.1, -0.05) is 36.8 Å². The molecule has 3 amide bonds. The van der Waals surface area contributed by atoms with Crippen LogP contribution in [0.15, 0.2) is 54.6 Å². The standard InChI is InChI=1S/C22H17N2O5.O3S.4V/c25-13-29-12-19-16-4-2-1-3-15(16)17-6-5-14(11-18(17)19)23-20(26)9-10-24-21(27)7-8-22(24)28;1-4(2)3;;;;/h1-8,11,19H,9-10,12H2,(H,23,26);;;;;/q-1;;;;;. The smallest absolute Gasteiger partial charge is 0.425 e. The molecule has 37 heavy (non-hydrogen) atoms. The Labute approximate surface area is 261 Å². The second-order valence-corrected chi connectivity index (χ2v) is 7.41. The van der Waals surface area contributed by atoms with Crippen LogP contribution in [-0.4, -0.2) is 54.9 Å². The maximum absolute atomic E-state index is 12.3. The van der Waals surface area contributed by atoms with Gasteiger partial charge in [0.2, 0.25) is 5.91 Å². The average molecular weight is 673 g/mol. The van der Waals surface area contributed by atoms with Gasteiger partial charge in [0.05, 0.1) is 6.61 Å². The summed E-state index contributed by atoms with van der Waals surface area (Å²) in [6, 6.07) is 13.5. The molecule has 0 fully saturated rings. The molecule has 0 saturated carbocycles. The van der Waals surface area contributed by atoms with E-state index in [-0.39, 0.29) is 106 Å². The van der Waals surface area contributed by atoms with Crippen molar-refractivity contribution in [2.75, 3.05) is 18.5 Å². The molecule has 4 rings (SSSR count). The number of amides is 3. The Kier molecular flexibility index (Phi) is 17.9. The molecule has 4 radical (unpaired) electrons. The number of rotatable bonds is 7. The number of hydrogen-bond donors (Lipinski definition) is 1. The molecule has 2 aromatic rings. The number of benzene rings is 2. The fourth-order valence-electron chi connectivity index (χ4n) is 3.77. The summed E-state index contributed by atoms with van der Waals surface area (Å²) >= 11 is 0. The number of ether oxygens (including phenoxy) is 1. The summed E-state index contributed by atoms with van der Waals surface area (Å²) in [6.07, 6.45) is 2.39. The van der Waals surface area contributed by atoms with Crippen molar-refractivity contribution in [3.05, 3.63) is 65.7 Å². The van der Waals surface area contributed by atoms with E-state index in [1.807, 2.05) is 36.4 Å². The summed E-state index contributed by atoms with van der Waals surface area (Å²) in [7, 11) is -3.11. The van der Waals surface area contributed by atoms with Gasteiger partial charge in [-0.2, -0.15) is 0 Å². The van der Waals surface area contributed by atoms with Crippen LogP contribution in [0.25, 0.3) is 11.1 Å². The summed E-state index contributed by atoms with van der Waals surface area (Å²) in [5.74, 6) is -1.26. The van der Waals surface area contributed by atoms with Gasteiger partial charge >= 0.3 is 10.6 Å². The maximum Gasteiger partial charge on any atom is 0.425 e. The van der Waals surface area contributed by atoms with E-state index >= 15 is 0 Å². The first-order chi connectivity index (χ1) is 15.8. The molecule has 2 aliphatic rings. The Morgan fingerprint density at radius 3 is 2.08 bits per heavy atom. The fourth-order valence-corrected chi connectivity index (χ4v) is 3.77. The van der Waals surface area contributed by atoms with Crippen molar-refractivity contribution in [1.29, 1.82) is 0 Å². The molecule has 1 aliphatic heterocycles. The second kappa shape index (κ2) is 17.7. The predicted molar refractivity (Wildman–Crippen MR) is 114 cm³/mol. The topological polar surface area (TPSA) is 144 Å². The van der Waals surface area contributed by atoms with Gasteiger partial charge in [-0.3, -0.25) is 19.3 Å². The van der Waals surface area contributed by atoms with Gasteiger partial charge in [0.15, 0.2) is 0 Å². The van der Waals surface area contributed by atoms with E-state index in [2.05, 4.69) is 5.32 Å². The molecule has 1 unspecified atom stereocenters. The molecule has 190 valence electrons. The van der Waals surface area contributed by atoms with Crippen molar-refractivity contribution in [3.63, 3.8) is 0 Å². The Bertz CT molecular complexity index is 1250. The predicted octanol–water partition coefficient (Wildman–Crippen LogP) is 1.12. The van der Waals surface area contributed by atoms with E-state index < -0.39 is 22.4 Å². The Hall–Kier alpha value is -1.78. The van der Waals surface area contributed by atoms with Gasteiger partial charge in [-0.15, -0.1) is 12.6 Å². The number of carbonyl (C=O) groups excluding carboxylic acids is 4. The summed E-state index contributed by atoms with van der Waals surface area (Å²) in [4.78, 5) is 47.0. The zero-order valence-electron chi connectivity index (χ0n) is 18.8. The Morgan fingerprint density at radius 1 is 0.919 bits per heavy atom. The number of carbonyl (C=O) groups is 3. The van der Waals surface area contributed by atoms with E-state index in [4.69, 9.17) is 17.4 Å². The zero-order valence-corrected chi connectivity index (χ0v) is 25.2. The summed E-state index contributed by atoms with van der Waals surface area (Å²) in [5, 5.41) is 2.80. The minimum atomic E-state index is -3.11. The molecule has 0 bridgehead atoms. The van der Waals surface area contributed by atoms with Crippen LogP contribution in [0.3, 0.4) is 0 Å². The van der Waals surface area contributed by atoms with Crippen LogP contribution in [-0.2, 0) is 109 Å². The van der Waals surface area contributed by atoms with E-state index in [0.29, 0.717) is 5.69 Å². The van der Waals surface area contributed by atoms with Crippen LogP contribution in [0.5, 0.6) is 0 Å². The van der Waals surface area contributed by atoms with Gasteiger partial charge in [-0.05, 0) is 34.4 Å². The Morgan fingerprint density at radius 2 is 1.49 bits per heavy atom. The van der Waals surface area contributed by atoms with E-state index in [1.165, 1.54) is 18.6 Å². The first-order valence-corrected chi connectivity index (χ1v) is 10.6. The van der Waals surface area contributed by atoms with Crippen LogP contribution in [0.2, 0.25) is 0 Å². The fraction of sp³-hybridized carbons (Fsp3) is 0.182. The monoisotopic (exact) mass is 673 g/mol. The molecule has 0 spiro atoms. The van der Waals surface area contributed by atoms with Crippen molar-refractivity contribution in [3.8, 4) is 11.1 Å². The normalized spacial score (nSPS) is 13.6. The molecule has 1 heterocycles. The van der Waals surface area contributed by atoms with Crippen molar-refractivity contribution in [2.45, 2.75) is 12.3 Å². The van der Waals surface area contributed by atoms with Crippen molar-refractivity contribution in [2.24, 2.45) is 0 Å². The molecule has 15 heteroatoms. The average Bonchev–Trinajstić information content (AvgIpc) is 3.26. The van der Waals surface area contributed by atoms with Crippen molar-refractivity contribution in [1.82, 2.24) is 4.90 Å². The van der Waals surface area contributed by atoms with Gasteiger partial charge in [0.25, 0.3) is 11.8 Å². The first-order valence-electron chi connectivity index (χ1n) is 9.64. The van der Waals surface area contributed by atoms with Gasteiger partial charge < -0.3 is 14.8 Å². The van der Waals surface area contributed by atoms with Crippen LogP contribution < -0.4 is 5.32 Å². The maximum atomic E-state index is 12.3. The van der Waals surface area contributed by atoms with E-state index in [1.54, 1.807) is 6.07 Å². The number of nitrogens with zero attached hydrogens (tertiary/aromatic N) is 1. The molecule has 1 atom stereocenters. The number of fused-ring (bicyclic) bond motifs is 3. The third-order valence-electron chi connectivity index (χ3n) is 5.11. The SMILES string of the molecule is O=S(=O)=O.O=[C-]OCC1c2ccccc2-c2ccc(NC(=O)CCN3C(=O)C=CC3=O)cc21.[V].[V].[V].[V]. The molecule has 1 N–H and O–H groups in total. The van der Waals surface area contributed by atoms with Crippen molar-refractivity contribution >= 4 is 40.5 Å². The molecule has 1 aliphatic carbocycles. The zero-order chi connectivity index (χ0) is 24.0. The molecule has 2 aromatic carbocycles. The largest absolute Gasteiger partial charge is 0.652 e. The second-order valence-electron chi connectivity index (χ2n) is 7.00. The molecular weight excluding hydrogens is 656 g/mol. The summed E-state index contributed by atoms with van der Waals surface area (Å²) in [6.45, 7) is 1.66. The number of imide groups is 1. The van der Waals surface area contributed by atoms with Gasteiger partial charge in [0.1, 0.15) is 0 Å². The number of anilines is 1. The Balaban J connectivity index is 0. The molecule has 0 aromatic heterocycles. The third-order valence-corrected chi connectivity index (χ3v) is 5.11. The quantitative estimate of drug-likeness (QED) is 0.341. The number of hydrogen-bond acceptors (Lipinski definition) is 8. The minimum Gasteiger partial charge on any atom is -0.652 e. The van der Waals surface area contributed by atoms with Gasteiger partial charge in [0, 0.05) is 111 Å². The molecule has 0 saturated heterocycles. The van der Waals surface area contributed by atoms with Crippen LogP contribution in [0.4, 0.5) is 5.69 Å². The minimum absolute atomic E-state index is 0. The number of nitrogens with one attached hydrogen (secondary N) is 1. The van der Waals surface area contributed by atoms with Crippen LogP contribution in [0.1, 0.15) is 23.5 Å². The van der Waals surface area contributed by atoms with Crippen LogP contribution in [0, 0.1) is 0 Å². The first kappa shape index (κ1) is 37.4. The van der Waals surface area contributed by atoms with Crippen molar-refractivity contribution < 1.29 is 111 Å². The summed E-state index contributed by atoms with van der Waals surface area (Å²) < 4.78 is 30.2. The van der Waals surface area contributed by atoms with Crippen LogP contribution >= 0.6 is 0 Å². The summed E-state index contributed by atoms with van der Waals surface area (Å²) in [5.41, 5.74) is 4.70. The third kappa shape index (κ3) is 9.79. The molecular formula is C22H17N2O8SV4-.